The lowest BCUT2D eigenvalue weighted by atomic mass is 10.0. The standard InChI is InChI=1S/C17H24N2O4/c1-4-6-11(2)13-9-12(3)15(17(22)23-13)16(21)19-8-5-7-18-14(20)10-19/h9,11H,4-8,10H2,1-3H3,(H,18,20). The minimum atomic E-state index is -0.613. The van der Waals surface area contributed by atoms with E-state index in [9.17, 15) is 14.4 Å². The molecule has 126 valence electrons. The van der Waals surface area contributed by atoms with Crippen molar-refractivity contribution < 1.29 is 14.0 Å². The summed E-state index contributed by atoms with van der Waals surface area (Å²) in [5, 5.41) is 2.71. The van der Waals surface area contributed by atoms with Crippen molar-refractivity contribution in [2.45, 2.75) is 46.0 Å². The lowest BCUT2D eigenvalue weighted by molar-refractivity contribution is -0.121. The molecule has 6 heteroatoms. The average molecular weight is 320 g/mol. The number of nitrogens with one attached hydrogen (secondary N) is 1. The summed E-state index contributed by atoms with van der Waals surface area (Å²) in [6.45, 7) is 6.79. The molecule has 6 nitrogen and oxygen atoms in total. The molecule has 0 spiro atoms. The van der Waals surface area contributed by atoms with Crippen LogP contribution in [0.4, 0.5) is 0 Å². The monoisotopic (exact) mass is 320 g/mol. The Hall–Kier alpha value is -2.11. The van der Waals surface area contributed by atoms with Crippen LogP contribution in [0.3, 0.4) is 0 Å². The van der Waals surface area contributed by atoms with E-state index < -0.39 is 11.5 Å². The van der Waals surface area contributed by atoms with Gasteiger partial charge in [0, 0.05) is 19.0 Å². The summed E-state index contributed by atoms with van der Waals surface area (Å²) < 4.78 is 5.37. The number of amides is 2. The Labute approximate surface area is 135 Å². The molecule has 1 N–H and O–H groups in total. The Balaban J connectivity index is 2.30. The van der Waals surface area contributed by atoms with Gasteiger partial charge >= 0.3 is 5.63 Å². The summed E-state index contributed by atoms with van der Waals surface area (Å²) >= 11 is 0. The molecule has 1 aliphatic heterocycles. The predicted octanol–water partition coefficient (Wildman–Crippen LogP) is 1.81. The molecule has 1 aromatic heterocycles. The van der Waals surface area contributed by atoms with E-state index in [-0.39, 0.29) is 23.9 Å². The van der Waals surface area contributed by atoms with Crippen LogP contribution in [0.1, 0.15) is 60.7 Å². The minimum absolute atomic E-state index is 0.0221. The molecule has 1 aliphatic rings. The van der Waals surface area contributed by atoms with Crippen molar-refractivity contribution in [1.82, 2.24) is 10.2 Å². The summed E-state index contributed by atoms with van der Waals surface area (Å²) in [6, 6.07) is 1.77. The maximum absolute atomic E-state index is 12.6. The first-order chi connectivity index (χ1) is 10.9. The zero-order chi connectivity index (χ0) is 17.0. The Morgan fingerprint density at radius 2 is 2.17 bits per heavy atom. The molecule has 23 heavy (non-hydrogen) atoms. The van der Waals surface area contributed by atoms with Crippen molar-refractivity contribution in [3.8, 4) is 0 Å². The topological polar surface area (TPSA) is 79.6 Å². The fourth-order valence-corrected chi connectivity index (χ4v) is 2.85. The van der Waals surface area contributed by atoms with Crippen LogP contribution in [-0.4, -0.2) is 36.3 Å². The zero-order valence-electron chi connectivity index (χ0n) is 14.0. The van der Waals surface area contributed by atoms with E-state index in [1.807, 2.05) is 6.92 Å². The van der Waals surface area contributed by atoms with Gasteiger partial charge in [-0.3, -0.25) is 9.59 Å². The van der Waals surface area contributed by atoms with Crippen LogP contribution in [0.15, 0.2) is 15.3 Å². The molecule has 1 unspecified atom stereocenters. The van der Waals surface area contributed by atoms with Gasteiger partial charge < -0.3 is 14.6 Å². The van der Waals surface area contributed by atoms with Gasteiger partial charge in [0.05, 0.1) is 6.54 Å². The summed E-state index contributed by atoms with van der Waals surface area (Å²) in [4.78, 5) is 38.0. The summed E-state index contributed by atoms with van der Waals surface area (Å²) in [7, 11) is 0. The molecule has 0 aliphatic carbocycles. The molecule has 2 heterocycles. The van der Waals surface area contributed by atoms with Gasteiger partial charge in [-0.15, -0.1) is 0 Å². The highest BCUT2D eigenvalue weighted by Crippen LogP contribution is 2.21. The molecule has 0 saturated carbocycles. The molecule has 2 amide bonds. The Bertz CT molecular complexity index is 650. The first kappa shape index (κ1) is 17.2. The molecule has 1 atom stereocenters. The lowest BCUT2D eigenvalue weighted by Crippen LogP contribution is -2.39. The molecule has 0 bridgehead atoms. The molecule has 0 aromatic carbocycles. The van der Waals surface area contributed by atoms with E-state index in [1.54, 1.807) is 13.0 Å². The van der Waals surface area contributed by atoms with Gasteiger partial charge in [0.1, 0.15) is 11.3 Å². The van der Waals surface area contributed by atoms with Crippen LogP contribution in [0.2, 0.25) is 0 Å². The second kappa shape index (κ2) is 7.44. The number of carbonyl (C=O) groups excluding carboxylic acids is 2. The number of rotatable bonds is 4. The highest BCUT2D eigenvalue weighted by molar-refractivity contribution is 5.97. The third-order valence-corrected chi connectivity index (χ3v) is 4.14. The van der Waals surface area contributed by atoms with E-state index >= 15 is 0 Å². The Morgan fingerprint density at radius 3 is 2.83 bits per heavy atom. The van der Waals surface area contributed by atoms with Crippen molar-refractivity contribution in [2.24, 2.45) is 0 Å². The van der Waals surface area contributed by atoms with Gasteiger partial charge in [0.25, 0.3) is 5.91 Å². The number of carbonyl (C=O) groups is 2. The predicted molar refractivity (Wildman–Crippen MR) is 86.6 cm³/mol. The van der Waals surface area contributed by atoms with Crippen molar-refractivity contribution in [1.29, 1.82) is 0 Å². The summed E-state index contributed by atoms with van der Waals surface area (Å²) in [5.74, 6) is 0.119. The maximum atomic E-state index is 12.6. The van der Waals surface area contributed by atoms with E-state index in [0.29, 0.717) is 30.8 Å². The Kier molecular flexibility index (Phi) is 5.58. The fraction of sp³-hybridized carbons (Fsp3) is 0.588. The molecule has 1 fully saturated rings. The van der Waals surface area contributed by atoms with Crippen molar-refractivity contribution in [3.63, 3.8) is 0 Å². The largest absolute Gasteiger partial charge is 0.427 e. The molecule has 1 saturated heterocycles. The Morgan fingerprint density at radius 1 is 1.43 bits per heavy atom. The molecule has 1 aromatic rings. The van der Waals surface area contributed by atoms with Crippen molar-refractivity contribution in [2.75, 3.05) is 19.6 Å². The third-order valence-electron chi connectivity index (χ3n) is 4.14. The van der Waals surface area contributed by atoms with Gasteiger partial charge in [-0.25, -0.2) is 4.79 Å². The average Bonchev–Trinajstić information content (AvgIpc) is 2.71. The smallest absolute Gasteiger partial charge is 0.349 e. The zero-order valence-corrected chi connectivity index (χ0v) is 14.0. The van der Waals surface area contributed by atoms with Gasteiger partial charge in [-0.1, -0.05) is 20.3 Å². The molecular formula is C17H24N2O4. The summed E-state index contributed by atoms with van der Waals surface area (Å²) in [5.41, 5.74) is 0.0265. The number of hydrogen-bond donors (Lipinski definition) is 1. The number of nitrogens with zero attached hydrogens (tertiary/aromatic N) is 1. The summed E-state index contributed by atoms with van der Waals surface area (Å²) in [6.07, 6.45) is 2.59. The lowest BCUT2D eigenvalue weighted by Gasteiger charge is -2.19. The maximum Gasteiger partial charge on any atom is 0.349 e. The van der Waals surface area contributed by atoms with Crippen molar-refractivity contribution in [3.05, 3.63) is 33.4 Å². The van der Waals surface area contributed by atoms with E-state index in [1.165, 1.54) is 4.90 Å². The van der Waals surface area contributed by atoms with Crippen molar-refractivity contribution >= 4 is 11.8 Å². The highest BCUT2D eigenvalue weighted by Gasteiger charge is 2.26. The normalized spacial score (nSPS) is 16.7. The first-order valence-electron chi connectivity index (χ1n) is 8.14. The van der Waals surface area contributed by atoms with E-state index in [4.69, 9.17) is 4.42 Å². The molecular weight excluding hydrogens is 296 g/mol. The molecule has 0 radical (unpaired) electrons. The molecule has 2 rings (SSSR count). The van der Waals surface area contributed by atoms with Gasteiger partial charge in [-0.05, 0) is 31.4 Å². The van der Waals surface area contributed by atoms with Gasteiger partial charge in [-0.2, -0.15) is 0 Å². The van der Waals surface area contributed by atoms with E-state index in [2.05, 4.69) is 12.2 Å². The minimum Gasteiger partial charge on any atom is -0.427 e. The third kappa shape index (κ3) is 4.00. The number of hydrogen-bond acceptors (Lipinski definition) is 4. The van der Waals surface area contributed by atoms with E-state index in [0.717, 1.165) is 12.8 Å². The van der Waals surface area contributed by atoms with Crippen LogP contribution in [0.25, 0.3) is 0 Å². The fourth-order valence-electron chi connectivity index (χ4n) is 2.85. The first-order valence-corrected chi connectivity index (χ1v) is 8.14. The highest BCUT2D eigenvalue weighted by atomic mass is 16.4. The number of aryl methyl sites for hydroxylation is 1. The van der Waals surface area contributed by atoms with Crippen LogP contribution >= 0.6 is 0 Å². The second-order valence-corrected chi connectivity index (χ2v) is 6.11. The van der Waals surface area contributed by atoms with Crippen LogP contribution in [0, 0.1) is 6.92 Å². The SMILES string of the molecule is CCCC(C)c1cc(C)c(C(=O)N2CCCNC(=O)C2)c(=O)o1. The van der Waals surface area contributed by atoms with Crippen LogP contribution in [0.5, 0.6) is 0 Å². The van der Waals surface area contributed by atoms with Crippen LogP contribution in [-0.2, 0) is 4.79 Å². The quantitative estimate of drug-likeness (QED) is 0.917. The van der Waals surface area contributed by atoms with Gasteiger partial charge in [0.15, 0.2) is 0 Å². The van der Waals surface area contributed by atoms with Crippen LogP contribution < -0.4 is 10.9 Å². The second-order valence-electron chi connectivity index (χ2n) is 6.11. The van der Waals surface area contributed by atoms with Gasteiger partial charge in [0.2, 0.25) is 5.91 Å².